The van der Waals surface area contributed by atoms with Crippen molar-refractivity contribution >= 4 is 23.2 Å². The van der Waals surface area contributed by atoms with Crippen LogP contribution in [-0.2, 0) is 6.42 Å². The Kier molecular flexibility index (Phi) is 4.62. The molecule has 2 nitrogen and oxygen atoms in total. The normalized spacial score (nSPS) is 16.9. The Balaban J connectivity index is 2.81. The van der Waals surface area contributed by atoms with Gasteiger partial charge in [-0.05, 0) is 31.0 Å². The lowest BCUT2D eigenvalue weighted by atomic mass is 9.91. The van der Waals surface area contributed by atoms with Crippen molar-refractivity contribution in [3.8, 4) is 0 Å². The maximum atomic E-state index is 9.88. The van der Waals surface area contributed by atoms with Crippen LogP contribution in [0, 0.1) is 0 Å². The second-order valence-corrected chi connectivity index (χ2v) is 5.01. The van der Waals surface area contributed by atoms with Gasteiger partial charge in [-0.15, -0.1) is 0 Å². The summed E-state index contributed by atoms with van der Waals surface area (Å²) in [6, 6.07) is 5.11. The number of aliphatic hydroxyl groups is 2. The third-order valence-corrected chi connectivity index (χ3v) is 3.45. The van der Waals surface area contributed by atoms with Crippen molar-refractivity contribution in [2.75, 3.05) is 0 Å². The SMILES string of the molecule is CCC(C)(O)C(O)Cc1ccc(Cl)cc1Cl. The predicted molar refractivity (Wildman–Crippen MR) is 67.1 cm³/mol. The topological polar surface area (TPSA) is 40.5 Å². The summed E-state index contributed by atoms with van der Waals surface area (Å²) in [5, 5.41) is 20.8. The third kappa shape index (κ3) is 3.36. The standard InChI is InChI=1S/C12H16Cl2O2/c1-3-12(2,16)11(15)6-8-4-5-9(13)7-10(8)14/h4-5,7,11,15-16H,3,6H2,1-2H3. The van der Waals surface area contributed by atoms with Crippen LogP contribution < -0.4 is 0 Å². The molecule has 2 atom stereocenters. The Morgan fingerprint density at radius 3 is 2.50 bits per heavy atom. The Labute approximate surface area is 106 Å². The highest BCUT2D eigenvalue weighted by molar-refractivity contribution is 6.35. The molecule has 0 radical (unpaired) electrons. The van der Waals surface area contributed by atoms with Gasteiger partial charge in [-0.1, -0.05) is 36.2 Å². The average molecular weight is 263 g/mol. The minimum Gasteiger partial charge on any atom is -0.390 e. The van der Waals surface area contributed by atoms with E-state index in [0.717, 1.165) is 5.56 Å². The molecule has 0 aliphatic carbocycles. The first kappa shape index (κ1) is 13.8. The highest BCUT2D eigenvalue weighted by atomic mass is 35.5. The van der Waals surface area contributed by atoms with Crippen molar-refractivity contribution in [3.05, 3.63) is 33.8 Å². The van der Waals surface area contributed by atoms with E-state index in [1.807, 2.05) is 6.92 Å². The summed E-state index contributed by atoms with van der Waals surface area (Å²) >= 11 is 11.8. The summed E-state index contributed by atoms with van der Waals surface area (Å²) in [6.45, 7) is 3.44. The van der Waals surface area contributed by atoms with E-state index < -0.39 is 11.7 Å². The Bertz CT molecular complexity index is 364. The van der Waals surface area contributed by atoms with E-state index in [0.29, 0.717) is 22.9 Å². The van der Waals surface area contributed by atoms with Gasteiger partial charge >= 0.3 is 0 Å². The number of hydrogen-bond acceptors (Lipinski definition) is 2. The second kappa shape index (κ2) is 5.37. The van der Waals surface area contributed by atoms with Gasteiger partial charge in [-0.2, -0.15) is 0 Å². The lowest BCUT2D eigenvalue weighted by molar-refractivity contribution is -0.0629. The third-order valence-electron chi connectivity index (χ3n) is 2.86. The van der Waals surface area contributed by atoms with Crippen LogP contribution >= 0.6 is 23.2 Å². The van der Waals surface area contributed by atoms with Crippen LogP contribution in [0.1, 0.15) is 25.8 Å². The molecule has 0 saturated carbocycles. The van der Waals surface area contributed by atoms with Crippen molar-refractivity contribution < 1.29 is 10.2 Å². The van der Waals surface area contributed by atoms with Gasteiger partial charge in [-0.3, -0.25) is 0 Å². The van der Waals surface area contributed by atoms with Crippen LogP contribution in [0.3, 0.4) is 0 Å². The van der Waals surface area contributed by atoms with Crippen LogP contribution in [0.15, 0.2) is 18.2 Å². The molecule has 0 saturated heterocycles. The fourth-order valence-electron chi connectivity index (χ4n) is 1.35. The number of benzene rings is 1. The molecule has 1 aromatic rings. The molecule has 0 heterocycles. The van der Waals surface area contributed by atoms with Gasteiger partial charge in [0, 0.05) is 16.5 Å². The fraction of sp³-hybridized carbons (Fsp3) is 0.500. The molecule has 0 fully saturated rings. The molecule has 0 spiro atoms. The molecule has 16 heavy (non-hydrogen) atoms. The Morgan fingerprint density at radius 1 is 1.38 bits per heavy atom. The van der Waals surface area contributed by atoms with Crippen molar-refractivity contribution in [2.24, 2.45) is 0 Å². The van der Waals surface area contributed by atoms with Gasteiger partial charge in [0.15, 0.2) is 0 Å². The first-order valence-electron chi connectivity index (χ1n) is 5.21. The van der Waals surface area contributed by atoms with E-state index in [1.165, 1.54) is 0 Å². The van der Waals surface area contributed by atoms with E-state index in [4.69, 9.17) is 23.2 Å². The van der Waals surface area contributed by atoms with Crippen LogP contribution in [0.5, 0.6) is 0 Å². The lowest BCUT2D eigenvalue weighted by Gasteiger charge is -2.28. The molecule has 0 aromatic heterocycles. The molecule has 1 aromatic carbocycles. The van der Waals surface area contributed by atoms with E-state index in [-0.39, 0.29) is 0 Å². The van der Waals surface area contributed by atoms with Gasteiger partial charge in [0.2, 0.25) is 0 Å². The summed E-state index contributed by atoms with van der Waals surface area (Å²) < 4.78 is 0. The van der Waals surface area contributed by atoms with Gasteiger partial charge in [-0.25, -0.2) is 0 Å². The molecule has 1 rings (SSSR count). The summed E-state index contributed by atoms with van der Waals surface area (Å²) in [5.74, 6) is 0. The first-order chi connectivity index (χ1) is 7.36. The van der Waals surface area contributed by atoms with Crippen LogP contribution in [0.2, 0.25) is 10.0 Å². The summed E-state index contributed by atoms with van der Waals surface area (Å²) in [4.78, 5) is 0. The fourth-order valence-corrected chi connectivity index (χ4v) is 1.84. The minimum absolute atomic E-state index is 0.316. The second-order valence-electron chi connectivity index (χ2n) is 4.17. The molecule has 0 aliphatic heterocycles. The molecule has 0 bridgehead atoms. The number of halogens is 2. The monoisotopic (exact) mass is 262 g/mol. The largest absolute Gasteiger partial charge is 0.390 e. The zero-order valence-electron chi connectivity index (χ0n) is 9.37. The van der Waals surface area contributed by atoms with Crippen LogP contribution in [0.25, 0.3) is 0 Å². The van der Waals surface area contributed by atoms with E-state index in [1.54, 1.807) is 25.1 Å². The highest BCUT2D eigenvalue weighted by Gasteiger charge is 2.28. The summed E-state index contributed by atoms with van der Waals surface area (Å²) in [5.41, 5.74) is -0.310. The van der Waals surface area contributed by atoms with Gasteiger partial charge < -0.3 is 10.2 Å². The number of aliphatic hydroxyl groups excluding tert-OH is 1. The molecule has 4 heteroatoms. The quantitative estimate of drug-likeness (QED) is 0.876. The van der Waals surface area contributed by atoms with Gasteiger partial charge in [0.05, 0.1) is 11.7 Å². The maximum Gasteiger partial charge on any atom is 0.0878 e. The lowest BCUT2D eigenvalue weighted by Crippen LogP contribution is -2.40. The number of rotatable bonds is 4. The molecule has 0 amide bonds. The molecular formula is C12H16Cl2O2. The molecule has 90 valence electrons. The molecule has 2 unspecified atom stereocenters. The maximum absolute atomic E-state index is 9.88. The van der Waals surface area contributed by atoms with Crippen molar-refractivity contribution in [1.82, 2.24) is 0 Å². The smallest absolute Gasteiger partial charge is 0.0878 e. The van der Waals surface area contributed by atoms with Gasteiger partial charge in [0.25, 0.3) is 0 Å². The van der Waals surface area contributed by atoms with Crippen LogP contribution in [-0.4, -0.2) is 21.9 Å². The summed E-state index contributed by atoms with van der Waals surface area (Å²) in [6.07, 6.45) is -0.0351. The molecular weight excluding hydrogens is 247 g/mol. The van der Waals surface area contributed by atoms with E-state index in [9.17, 15) is 10.2 Å². The number of hydrogen-bond donors (Lipinski definition) is 2. The highest BCUT2D eigenvalue weighted by Crippen LogP contribution is 2.25. The molecule has 0 aliphatic rings. The Hall–Kier alpha value is -0.280. The zero-order chi connectivity index (χ0) is 12.3. The van der Waals surface area contributed by atoms with Crippen LogP contribution in [0.4, 0.5) is 0 Å². The Morgan fingerprint density at radius 2 is 2.00 bits per heavy atom. The predicted octanol–water partition coefficient (Wildman–Crippen LogP) is 3.06. The van der Waals surface area contributed by atoms with E-state index >= 15 is 0 Å². The van der Waals surface area contributed by atoms with Crippen molar-refractivity contribution in [3.63, 3.8) is 0 Å². The van der Waals surface area contributed by atoms with Crippen molar-refractivity contribution in [2.45, 2.75) is 38.4 Å². The molecule has 2 N–H and O–H groups in total. The first-order valence-corrected chi connectivity index (χ1v) is 5.96. The van der Waals surface area contributed by atoms with Crippen molar-refractivity contribution in [1.29, 1.82) is 0 Å². The zero-order valence-corrected chi connectivity index (χ0v) is 10.9. The van der Waals surface area contributed by atoms with Gasteiger partial charge in [0.1, 0.15) is 0 Å². The summed E-state index contributed by atoms with van der Waals surface area (Å²) in [7, 11) is 0. The van der Waals surface area contributed by atoms with E-state index in [2.05, 4.69) is 0 Å². The average Bonchev–Trinajstić information content (AvgIpc) is 2.22. The minimum atomic E-state index is -1.09.